The minimum atomic E-state index is -3.62. The highest BCUT2D eigenvalue weighted by Gasteiger charge is 2.16. The predicted molar refractivity (Wildman–Crippen MR) is 86.3 cm³/mol. The minimum Gasteiger partial charge on any atom is -0.398 e. The molecule has 0 aliphatic carbocycles. The van der Waals surface area contributed by atoms with Crippen molar-refractivity contribution in [3.8, 4) is 0 Å². The molecule has 3 N–H and O–H groups in total. The van der Waals surface area contributed by atoms with Crippen LogP contribution in [0.25, 0.3) is 0 Å². The molecule has 1 heterocycles. The zero-order chi connectivity index (χ0) is 15.6. The highest BCUT2D eigenvalue weighted by atomic mass is 35.5. The van der Waals surface area contributed by atoms with Crippen LogP contribution in [0.1, 0.15) is 16.3 Å². The first kappa shape index (κ1) is 16.2. The van der Waals surface area contributed by atoms with Gasteiger partial charge in [0, 0.05) is 34.7 Å². The predicted octanol–water partition coefficient (Wildman–Crippen LogP) is 2.52. The van der Waals surface area contributed by atoms with Crippen molar-refractivity contribution >= 4 is 38.6 Å². The Balaban J connectivity index is 2.08. The molecule has 1 aromatic heterocycles. The molecule has 0 fully saturated rings. The second-order valence-corrected chi connectivity index (χ2v) is 7.77. The van der Waals surface area contributed by atoms with E-state index in [1.807, 2.05) is 12.3 Å². The van der Waals surface area contributed by atoms with Crippen LogP contribution in [0.5, 0.6) is 0 Å². The Morgan fingerprint density at radius 1 is 1.38 bits per heavy atom. The molecule has 2 rings (SSSR count). The quantitative estimate of drug-likeness (QED) is 0.815. The number of halogens is 1. The van der Waals surface area contributed by atoms with Crippen molar-refractivity contribution in [1.29, 1.82) is 0 Å². The van der Waals surface area contributed by atoms with Gasteiger partial charge in [-0.1, -0.05) is 11.6 Å². The number of aromatic nitrogens is 1. The lowest BCUT2D eigenvalue weighted by Crippen LogP contribution is -2.26. The largest absolute Gasteiger partial charge is 0.398 e. The Labute approximate surface area is 133 Å². The molecular weight excluding hydrogens is 330 g/mol. The lowest BCUT2D eigenvalue weighted by Gasteiger charge is -2.09. The van der Waals surface area contributed by atoms with E-state index in [1.165, 1.54) is 23.5 Å². The van der Waals surface area contributed by atoms with Gasteiger partial charge in [-0.3, -0.25) is 0 Å². The van der Waals surface area contributed by atoms with Crippen LogP contribution in [0.3, 0.4) is 0 Å². The summed E-state index contributed by atoms with van der Waals surface area (Å²) < 4.78 is 26.9. The molecule has 114 valence electrons. The maximum atomic E-state index is 12.2. The van der Waals surface area contributed by atoms with E-state index in [4.69, 9.17) is 17.3 Å². The molecule has 5 nitrogen and oxygen atoms in total. The van der Waals surface area contributed by atoms with Crippen molar-refractivity contribution in [2.75, 3.05) is 12.3 Å². The third-order valence-corrected chi connectivity index (χ3v) is 5.83. The molecule has 0 saturated carbocycles. The summed E-state index contributed by atoms with van der Waals surface area (Å²) in [4.78, 5) is 4.36. The summed E-state index contributed by atoms with van der Waals surface area (Å²) in [5.74, 6) is 0. The second kappa shape index (κ2) is 6.31. The van der Waals surface area contributed by atoms with Crippen molar-refractivity contribution in [1.82, 2.24) is 9.71 Å². The first-order valence-electron chi connectivity index (χ1n) is 6.26. The molecule has 0 saturated heterocycles. The van der Waals surface area contributed by atoms with Crippen molar-refractivity contribution in [2.45, 2.75) is 25.2 Å². The maximum absolute atomic E-state index is 12.2. The smallest absolute Gasteiger partial charge is 0.240 e. The molecule has 0 spiro atoms. The zero-order valence-corrected chi connectivity index (χ0v) is 14.1. The van der Waals surface area contributed by atoms with Crippen LogP contribution in [0.4, 0.5) is 5.69 Å². The van der Waals surface area contributed by atoms with Gasteiger partial charge in [-0.25, -0.2) is 18.1 Å². The molecule has 0 aliphatic rings. The minimum absolute atomic E-state index is 0.0749. The maximum Gasteiger partial charge on any atom is 0.240 e. The van der Waals surface area contributed by atoms with Crippen LogP contribution in [-0.4, -0.2) is 19.9 Å². The van der Waals surface area contributed by atoms with Gasteiger partial charge < -0.3 is 5.73 Å². The van der Waals surface area contributed by atoms with E-state index >= 15 is 0 Å². The van der Waals surface area contributed by atoms with Gasteiger partial charge >= 0.3 is 0 Å². The molecule has 0 amide bonds. The first-order valence-corrected chi connectivity index (χ1v) is 9.00. The Hall–Kier alpha value is -1.15. The van der Waals surface area contributed by atoms with E-state index in [-0.39, 0.29) is 11.4 Å². The summed E-state index contributed by atoms with van der Waals surface area (Å²) in [6.45, 7) is 3.92. The Morgan fingerprint density at radius 3 is 2.67 bits per heavy atom. The fourth-order valence-electron chi connectivity index (χ4n) is 1.72. The summed E-state index contributed by atoms with van der Waals surface area (Å²) >= 11 is 7.49. The molecule has 2 aromatic rings. The van der Waals surface area contributed by atoms with Crippen LogP contribution in [0, 0.1) is 13.8 Å². The summed E-state index contributed by atoms with van der Waals surface area (Å²) in [6.07, 6.45) is 0.548. The lowest BCUT2D eigenvalue weighted by atomic mass is 10.2. The van der Waals surface area contributed by atoms with Crippen molar-refractivity contribution in [3.05, 3.63) is 38.8 Å². The fourth-order valence-corrected chi connectivity index (χ4v) is 3.88. The molecule has 0 radical (unpaired) electrons. The standard InChI is InChI=1S/C13H16ClN3O2S2/c1-8-7-20-13(17-8)3-4-16-21(18,19)10-5-11(14)9(2)12(15)6-10/h5-7,16H,3-4,15H2,1-2H3. The third kappa shape index (κ3) is 3.94. The monoisotopic (exact) mass is 345 g/mol. The van der Waals surface area contributed by atoms with Gasteiger partial charge in [-0.05, 0) is 31.5 Å². The molecule has 8 heteroatoms. The van der Waals surface area contributed by atoms with Gasteiger partial charge in [-0.2, -0.15) is 0 Å². The average molecular weight is 346 g/mol. The van der Waals surface area contributed by atoms with Crippen LogP contribution < -0.4 is 10.5 Å². The number of anilines is 1. The van der Waals surface area contributed by atoms with Gasteiger partial charge in [0.2, 0.25) is 10.0 Å². The number of rotatable bonds is 5. The van der Waals surface area contributed by atoms with Gasteiger partial charge in [0.15, 0.2) is 0 Å². The van der Waals surface area contributed by atoms with Gasteiger partial charge in [0.05, 0.1) is 9.90 Å². The van der Waals surface area contributed by atoms with E-state index in [1.54, 1.807) is 6.92 Å². The summed E-state index contributed by atoms with van der Waals surface area (Å²) in [6, 6.07) is 2.82. The molecule has 1 aromatic carbocycles. The van der Waals surface area contributed by atoms with E-state index in [0.29, 0.717) is 22.7 Å². The highest BCUT2D eigenvalue weighted by molar-refractivity contribution is 7.89. The van der Waals surface area contributed by atoms with Gasteiger partial charge in [0.25, 0.3) is 0 Å². The molecule has 0 aliphatic heterocycles. The number of benzene rings is 1. The van der Waals surface area contributed by atoms with Crippen LogP contribution in [0.15, 0.2) is 22.4 Å². The Bertz CT molecular complexity index is 734. The van der Waals surface area contributed by atoms with Crippen LogP contribution >= 0.6 is 22.9 Å². The second-order valence-electron chi connectivity index (χ2n) is 4.65. The number of nitrogens with zero attached hydrogens (tertiary/aromatic N) is 1. The summed E-state index contributed by atoms with van der Waals surface area (Å²) in [5, 5.41) is 3.17. The summed E-state index contributed by atoms with van der Waals surface area (Å²) in [5.41, 5.74) is 7.73. The van der Waals surface area contributed by atoms with Crippen molar-refractivity contribution < 1.29 is 8.42 Å². The lowest BCUT2D eigenvalue weighted by molar-refractivity contribution is 0.581. The van der Waals surface area contributed by atoms with E-state index in [9.17, 15) is 8.42 Å². The number of thiazole rings is 1. The third-order valence-electron chi connectivity index (χ3n) is 2.97. The van der Waals surface area contributed by atoms with E-state index in [0.717, 1.165) is 10.7 Å². The van der Waals surface area contributed by atoms with Crippen molar-refractivity contribution in [2.24, 2.45) is 0 Å². The molecule has 0 atom stereocenters. The van der Waals surface area contributed by atoms with Crippen LogP contribution in [-0.2, 0) is 16.4 Å². The average Bonchev–Trinajstić information content (AvgIpc) is 2.81. The topological polar surface area (TPSA) is 85.1 Å². The number of aryl methyl sites for hydroxylation is 1. The molecule has 0 unspecified atom stereocenters. The number of sulfonamides is 1. The van der Waals surface area contributed by atoms with Crippen LogP contribution in [0.2, 0.25) is 5.02 Å². The number of hydrogen-bond acceptors (Lipinski definition) is 5. The summed E-state index contributed by atoms with van der Waals surface area (Å²) in [7, 11) is -3.62. The Kier molecular flexibility index (Phi) is 4.88. The van der Waals surface area contributed by atoms with Crippen molar-refractivity contribution in [3.63, 3.8) is 0 Å². The zero-order valence-electron chi connectivity index (χ0n) is 11.7. The van der Waals surface area contributed by atoms with E-state index in [2.05, 4.69) is 9.71 Å². The SMILES string of the molecule is Cc1csc(CCNS(=O)(=O)c2cc(N)c(C)c(Cl)c2)n1. The highest BCUT2D eigenvalue weighted by Crippen LogP contribution is 2.25. The number of hydrogen-bond donors (Lipinski definition) is 2. The number of nitrogen functional groups attached to an aromatic ring is 1. The number of nitrogens with two attached hydrogens (primary N) is 1. The molecule has 21 heavy (non-hydrogen) atoms. The normalized spacial score (nSPS) is 11.8. The molecular formula is C13H16ClN3O2S2. The van der Waals surface area contributed by atoms with Gasteiger partial charge in [0.1, 0.15) is 0 Å². The number of nitrogens with one attached hydrogen (secondary N) is 1. The fraction of sp³-hybridized carbons (Fsp3) is 0.308. The molecule has 0 bridgehead atoms. The van der Waals surface area contributed by atoms with E-state index < -0.39 is 10.0 Å². The Morgan fingerprint density at radius 2 is 2.10 bits per heavy atom. The van der Waals surface area contributed by atoms with Gasteiger partial charge in [-0.15, -0.1) is 11.3 Å². The first-order chi connectivity index (χ1) is 9.79.